The number of alkyl halides is 2. The summed E-state index contributed by atoms with van der Waals surface area (Å²) in [5, 5.41) is 8.15. The lowest BCUT2D eigenvalue weighted by atomic mass is 9.83. The minimum absolute atomic E-state index is 0.0407. The minimum Gasteiger partial charge on any atom is -0.444 e. The number of hydrogen-bond donors (Lipinski definition) is 3. The van der Waals surface area contributed by atoms with E-state index in [1.807, 2.05) is 6.92 Å². The molecule has 0 spiro atoms. The molecule has 228 valence electrons. The number of carbonyl (C=O) groups is 5. The molecule has 2 aliphatic rings. The van der Waals surface area contributed by atoms with Crippen LogP contribution in [0.3, 0.4) is 0 Å². The van der Waals surface area contributed by atoms with Crippen LogP contribution in [-0.4, -0.2) is 76.7 Å². The van der Waals surface area contributed by atoms with Gasteiger partial charge in [0, 0.05) is 13.1 Å². The third-order valence-corrected chi connectivity index (χ3v) is 6.74. The van der Waals surface area contributed by atoms with Gasteiger partial charge in [0.1, 0.15) is 17.7 Å². The second-order valence-electron chi connectivity index (χ2n) is 11.0. The molecule has 1 aliphatic heterocycles. The molecule has 10 nitrogen and oxygen atoms in total. The lowest BCUT2D eigenvalue weighted by Gasteiger charge is -2.35. The van der Waals surface area contributed by atoms with Crippen LogP contribution >= 0.6 is 23.2 Å². The van der Waals surface area contributed by atoms with E-state index >= 15 is 0 Å². The van der Waals surface area contributed by atoms with E-state index in [1.165, 1.54) is 11.0 Å². The van der Waals surface area contributed by atoms with Crippen molar-refractivity contribution in [2.45, 2.75) is 109 Å². The highest BCUT2D eigenvalue weighted by Crippen LogP contribution is 2.29. The van der Waals surface area contributed by atoms with E-state index in [0.29, 0.717) is 32.2 Å². The van der Waals surface area contributed by atoms with Crippen LogP contribution in [0.15, 0.2) is 12.7 Å². The number of halogens is 2. The van der Waals surface area contributed by atoms with Gasteiger partial charge < -0.3 is 25.6 Å². The zero-order valence-electron chi connectivity index (χ0n) is 24.2. The first-order valence-electron chi connectivity index (χ1n) is 14.0. The summed E-state index contributed by atoms with van der Waals surface area (Å²) in [7, 11) is 0. The number of ether oxygens (including phenoxy) is 1. The van der Waals surface area contributed by atoms with E-state index in [0.717, 1.165) is 32.1 Å². The number of rotatable bonds is 11. The summed E-state index contributed by atoms with van der Waals surface area (Å²) in [5.41, 5.74) is -0.709. The number of alkyl carbamates (subject to hydrolysis) is 1. The Morgan fingerprint density at radius 1 is 1.02 bits per heavy atom. The monoisotopic (exact) mass is 604 g/mol. The van der Waals surface area contributed by atoms with Gasteiger partial charge in [-0.3, -0.25) is 19.2 Å². The molecule has 2 rings (SSSR count). The Morgan fingerprint density at radius 3 is 2.20 bits per heavy atom. The number of ketones is 1. The van der Waals surface area contributed by atoms with E-state index in [1.54, 1.807) is 20.8 Å². The Kier molecular flexibility index (Phi) is 16.2. The average Bonchev–Trinajstić information content (AvgIpc) is 3.39. The Labute approximate surface area is 248 Å². The molecule has 0 aromatic rings. The molecule has 0 bridgehead atoms. The largest absolute Gasteiger partial charge is 0.444 e. The predicted octanol–water partition coefficient (Wildman–Crippen LogP) is 4.03. The van der Waals surface area contributed by atoms with Crippen LogP contribution in [0, 0.1) is 5.92 Å². The molecule has 40 heavy (non-hydrogen) atoms. The molecule has 1 aliphatic carbocycles. The second kappa shape index (κ2) is 18.2. The molecule has 3 N–H and O–H groups in total. The normalized spacial score (nSPS) is 18.9. The number of amides is 4. The van der Waals surface area contributed by atoms with Crippen molar-refractivity contribution in [3.05, 3.63) is 12.7 Å². The highest BCUT2D eigenvalue weighted by Gasteiger charge is 2.42. The molecule has 1 saturated carbocycles. The predicted molar refractivity (Wildman–Crippen MR) is 156 cm³/mol. The van der Waals surface area contributed by atoms with Crippen LogP contribution < -0.4 is 16.0 Å². The standard InChI is InChI=1S/C27H44N4O6.CH2Cl2/c1-6-12-19(22(32)24(34)28-16-7-2)29-23(33)20-15-11-17-31(20)25(35)21(18-13-9-8-10-14-18)30-26(36)37-27(3,4)5;2-1-3/h7,18-21H,2,6,8-17H2,1,3-5H3,(H,28,34)(H,29,33)(H,30,36);1H2/t19?,20-,21?;/m0./s1. The van der Waals surface area contributed by atoms with Crippen LogP contribution in [-0.2, 0) is 23.9 Å². The fraction of sp³-hybridized carbons (Fsp3) is 0.750. The smallest absolute Gasteiger partial charge is 0.408 e. The molecule has 2 unspecified atom stereocenters. The molecular formula is C28H46Cl2N4O6. The van der Waals surface area contributed by atoms with Crippen LogP contribution in [0.2, 0.25) is 0 Å². The maximum atomic E-state index is 13.8. The fourth-order valence-corrected chi connectivity index (χ4v) is 5.00. The molecule has 12 heteroatoms. The van der Waals surface area contributed by atoms with Gasteiger partial charge in [-0.1, -0.05) is 38.7 Å². The lowest BCUT2D eigenvalue weighted by Crippen LogP contribution is -2.58. The zero-order valence-corrected chi connectivity index (χ0v) is 25.7. The summed E-state index contributed by atoms with van der Waals surface area (Å²) in [5.74, 6) is -2.32. The zero-order chi connectivity index (χ0) is 30.3. The number of likely N-dealkylation sites (tertiary alicyclic amines) is 1. The van der Waals surface area contributed by atoms with Gasteiger partial charge in [-0.15, -0.1) is 29.8 Å². The molecule has 0 radical (unpaired) electrons. The summed E-state index contributed by atoms with van der Waals surface area (Å²) in [6, 6.07) is -2.54. The Morgan fingerprint density at radius 2 is 1.65 bits per heavy atom. The molecule has 1 heterocycles. The first kappa shape index (κ1) is 35.7. The van der Waals surface area contributed by atoms with E-state index in [2.05, 4.69) is 22.5 Å². The van der Waals surface area contributed by atoms with Crippen molar-refractivity contribution in [3.63, 3.8) is 0 Å². The number of nitrogens with zero attached hydrogens (tertiary/aromatic N) is 1. The van der Waals surface area contributed by atoms with E-state index in [9.17, 15) is 24.0 Å². The van der Waals surface area contributed by atoms with Crippen molar-refractivity contribution in [2.24, 2.45) is 5.92 Å². The number of carbonyl (C=O) groups excluding carboxylic acids is 5. The number of Topliss-reactive ketones (excluding diaryl/α,β-unsaturated/α-hetero) is 1. The molecule has 0 aromatic carbocycles. The molecule has 2 fully saturated rings. The SMILES string of the molecule is C=CCNC(=O)C(=O)C(CCC)NC(=O)[C@@H]1CCCN1C(=O)C(NC(=O)OC(C)(C)C)C1CCCCC1.ClCCl. The van der Waals surface area contributed by atoms with Gasteiger partial charge in [0.05, 0.1) is 11.4 Å². The third kappa shape index (κ3) is 12.0. The topological polar surface area (TPSA) is 134 Å². The van der Waals surface area contributed by atoms with Crippen molar-refractivity contribution >= 4 is 52.8 Å². The summed E-state index contributed by atoms with van der Waals surface area (Å²) < 4.78 is 5.42. The first-order valence-corrected chi connectivity index (χ1v) is 15.1. The maximum absolute atomic E-state index is 13.8. The van der Waals surface area contributed by atoms with Gasteiger partial charge in [-0.05, 0) is 58.8 Å². The fourth-order valence-electron chi connectivity index (χ4n) is 5.00. The first-order chi connectivity index (χ1) is 18.9. The highest BCUT2D eigenvalue weighted by molar-refractivity contribution is 6.40. The van der Waals surface area contributed by atoms with Crippen LogP contribution in [0.5, 0.6) is 0 Å². The minimum atomic E-state index is -0.978. The van der Waals surface area contributed by atoms with Gasteiger partial charge in [-0.25, -0.2) is 4.79 Å². The molecule has 0 aromatic heterocycles. The van der Waals surface area contributed by atoms with Crippen molar-refractivity contribution in [1.29, 1.82) is 0 Å². The van der Waals surface area contributed by atoms with Crippen molar-refractivity contribution < 1.29 is 28.7 Å². The van der Waals surface area contributed by atoms with Gasteiger partial charge in [0.15, 0.2) is 0 Å². The quantitative estimate of drug-likeness (QED) is 0.185. The Bertz CT molecular complexity index is 873. The van der Waals surface area contributed by atoms with E-state index in [-0.39, 0.29) is 23.7 Å². The van der Waals surface area contributed by atoms with Gasteiger partial charge in [0.2, 0.25) is 17.6 Å². The van der Waals surface area contributed by atoms with Gasteiger partial charge in [-0.2, -0.15) is 0 Å². The summed E-state index contributed by atoms with van der Waals surface area (Å²) in [4.78, 5) is 66.0. The van der Waals surface area contributed by atoms with Crippen LogP contribution in [0.25, 0.3) is 0 Å². The van der Waals surface area contributed by atoms with Crippen molar-refractivity contribution in [3.8, 4) is 0 Å². The lowest BCUT2D eigenvalue weighted by molar-refractivity contribution is -0.143. The summed E-state index contributed by atoms with van der Waals surface area (Å²) in [6.45, 7) is 11.2. The highest BCUT2D eigenvalue weighted by atomic mass is 35.5. The second-order valence-corrected chi connectivity index (χ2v) is 11.8. The van der Waals surface area contributed by atoms with E-state index in [4.69, 9.17) is 27.9 Å². The number of hydrogen-bond acceptors (Lipinski definition) is 6. The van der Waals surface area contributed by atoms with Crippen LogP contribution in [0.1, 0.15) is 85.5 Å². The summed E-state index contributed by atoms with van der Waals surface area (Å²) in [6.07, 6.45) is 7.42. The third-order valence-electron chi connectivity index (χ3n) is 6.74. The molecular weight excluding hydrogens is 559 g/mol. The number of nitrogens with one attached hydrogen (secondary N) is 3. The van der Waals surface area contributed by atoms with Gasteiger partial charge >= 0.3 is 6.09 Å². The average molecular weight is 606 g/mol. The van der Waals surface area contributed by atoms with Crippen LogP contribution in [0.4, 0.5) is 4.79 Å². The molecule has 1 saturated heterocycles. The van der Waals surface area contributed by atoms with E-state index < -0.39 is 47.4 Å². The summed E-state index contributed by atoms with van der Waals surface area (Å²) >= 11 is 9.53. The Hall–Kier alpha value is -2.33. The van der Waals surface area contributed by atoms with Gasteiger partial charge in [0.25, 0.3) is 5.91 Å². The van der Waals surface area contributed by atoms with Crippen molar-refractivity contribution in [1.82, 2.24) is 20.9 Å². The Balaban J connectivity index is 0.00000254. The maximum Gasteiger partial charge on any atom is 0.408 e. The molecule has 4 amide bonds. The van der Waals surface area contributed by atoms with Crippen molar-refractivity contribution in [2.75, 3.05) is 18.4 Å². The molecule has 3 atom stereocenters.